The van der Waals surface area contributed by atoms with E-state index in [1.165, 1.54) is 18.2 Å². The van der Waals surface area contributed by atoms with Gasteiger partial charge in [0, 0.05) is 24.7 Å². The molecule has 1 aliphatic rings. The molecule has 0 aliphatic heterocycles. The first-order valence-corrected chi connectivity index (χ1v) is 10.4. The van der Waals surface area contributed by atoms with Crippen molar-refractivity contribution in [3.8, 4) is 0 Å². The molecular weight excluding hydrogens is 480 g/mol. The monoisotopic (exact) mass is 494 g/mol. The molecule has 4 nitrogen and oxygen atoms in total. The van der Waals surface area contributed by atoms with Gasteiger partial charge in [-0.2, -0.15) is 0 Å². The summed E-state index contributed by atoms with van der Waals surface area (Å²) in [5, 5.41) is 5.01. The number of halogens is 6. The Morgan fingerprint density at radius 2 is 1.87 bits per heavy atom. The van der Waals surface area contributed by atoms with E-state index in [1.54, 1.807) is 6.92 Å². The van der Waals surface area contributed by atoms with E-state index in [-0.39, 0.29) is 27.8 Å². The molecule has 1 aliphatic carbocycles. The second kappa shape index (κ2) is 8.50. The van der Waals surface area contributed by atoms with E-state index in [4.69, 9.17) is 46.4 Å². The van der Waals surface area contributed by atoms with Crippen LogP contribution >= 0.6 is 46.4 Å². The fourth-order valence-electron chi connectivity index (χ4n) is 3.44. The highest BCUT2D eigenvalue weighted by Gasteiger charge is 2.76. The van der Waals surface area contributed by atoms with Gasteiger partial charge < -0.3 is 15.4 Å². The van der Waals surface area contributed by atoms with Crippen LogP contribution < -0.4 is 10.6 Å². The van der Waals surface area contributed by atoms with E-state index in [9.17, 15) is 18.4 Å². The fraction of sp³-hybridized carbons (Fsp3) is 0.300. The molecule has 0 aromatic heterocycles. The number of aldehydes is 1. The average Bonchev–Trinajstić information content (AvgIpc) is 3.19. The Labute approximate surface area is 191 Å². The molecule has 0 radical (unpaired) electrons. The minimum Gasteiger partial charge on any atom is -0.384 e. The van der Waals surface area contributed by atoms with Crippen LogP contribution in [0.25, 0.3) is 0 Å². The molecule has 30 heavy (non-hydrogen) atoms. The van der Waals surface area contributed by atoms with E-state index in [1.807, 2.05) is 0 Å². The minimum absolute atomic E-state index is 0.0538. The lowest BCUT2D eigenvalue weighted by atomic mass is 10.00. The zero-order valence-electron chi connectivity index (χ0n) is 15.5. The Morgan fingerprint density at radius 3 is 2.47 bits per heavy atom. The summed E-state index contributed by atoms with van der Waals surface area (Å²) in [6, 6.07) is 6.44. The van der Waals surface area contributed by atoms with Gasteiger partial charge in [-0.15, -0.1) is 0 Å². The molecule has 0 heterocycles. The van der Waals surface area contributed by atoms with Crippen molar-refractivity contribution in [3.05, 3.63) is 63.1 Å². The molecule has 0 saturated heterocycles. The number of benzene rings is 2. The predicted octanol–water partition coefficient (Wildman–Crippen LogP) is 5.59. The van der Waals surface area contributed by atoms with Gasteiger partial charge in [-0.1, -0.05) is 52.5 Å². The zero-order chi connectivity index (χ0) is 22.3. The maximum Gasteiger partial charge on any atom is 0.252 e. The number of anilines is 1. The van der Waals surface area contributed by atoms with Gasteiger partial charge in [-0.25, -0.2) is 8.78 Å². The maximum atomic E-state index is 14.2. The summed E-state index contributed by atoms with van der Waals surface area (Å²) in [4.78, 5) is 24.1. The van der Waals surface area contributed by atoms with Crippen LogP contribution in [-0.2, 0) is 4.79 Å². The van der Waals surface area contributed by atoms with E-state index in [0.717, 1.165) is 12.1 Å². The fourth-order valence-corrected chi connectivity index (χ4v) is 4.80. The van der Waals surface area contributed by atoms with Crippen LogP contribution in [0.1, 0.15) is 28.8 Å². The van der Waals surface area contributed by atoms with Gasteiger partial charge in [-0.3, -0.25) is 4.79 Å². The number of nitrogens with one attached hydrogen (secondary N) is 2. The van der Waals surface area contributed by atoms with Gasteiger partial charge >= 0.3 is 0 Å². The predicted molar refractivity (Wildman–Crippen MR) is 115 cm³/mol. The first kappa shape index (κ1) is 23.1. The van der Waals surface area contributed by atoms with Crippen molar-refractivity contribution < 1.29 is 18.4 Å². The van der Waals surface area contributed by atoms with Crippen LogP contribution in [0.2, 0.25) is 10.0 Å². The standard InChI is InChI=1S/C20H16Cl4F2N2O2/c1-2-27-18(30)12-6-11(7-15(26)16(12)22)28-8-19(9-29)17(20(19,23)24)10-3-4-14(25)13(21)5-10/h3-7,9,17,28H,2,8H2,1H3,(H,27,30). The van der Waals surface area contributed by atoms with Crippen LogP contribution in [0.3, 0.4) is 0 Å². The lowest BCUT2D eigenvalue weighted by molar-refractivity contribution is -0.112. The van der Waals surface area contributed by atoms with E-state index >= 15 is 0 Å². The highest BCUT2D eigenvalue weighted by Crippen LogP contribution is 2.73. The molecule has 10 heteroatoms. The van der Waals surface area contributed by atoms with Gasteiger partial charge in [0.2, 0.25) is 0 Å². The summed E-state index contributed by atoms with van der Waals surface area (Å²) in [5.74, 6) is -2.62. The Hall–Kier alpha value is -1.60. The number of amides is 1. The van der Waals surface area contributed by atoms with Gasteiger partial charge in [0.25, 0.3) is 5.91 Å². The van der Waals surface area contributed by atoms with Crippen molar-refractivity contribution in [1.29, 1.82) is 0 Å². The molecule has 1 fully saturated rings. The number of alkyl halides is 2. The van der Waals surface area contributed by atoms with Crippen LogP contribution in [0.15, 0.2) is 30.3 Å². The molecule has 0 spiro atoms. The van der Waals surface area contributed by atoms with E-state index < -0.39 is 33.2 Å². The Balaban J connectivity index is 1.87. The number of hydrogen-bond acceptors (Lipinski definition) is 3. The summed E-state index contributed by atoms with van der Waals surface area (Å²) >= 11 is 24.5. The minimum atomic E-state index is -1.49. The first-order chi connectivity index (χ1) is 14.1. The second-order valence-corrected chi connectivity index (χ2v) is 9.09. The molecule has 1 saturated carbocycles. The SMILES string of the molecule is CCNC(=O)c1cc(NCC2(C=O)C(c3ccc(F)c(Cl)c3)C2(Cl)Cl)cc(F)c1Cl. The normalized spacial score (nSPS) is 21.8. The molecule has 2 aromatic rings. The zero-order valence-corrected chi connectivity index (χ0v) is 18.6. The van der Waals surface area contributed by atoms with Gasteiger partial charge in [0.05, 0.1) is 21.0 Å². The number of rotatable bonds is 7. The Kier molecular flexibility index (Phi) is 6.54. The molecule has 2 unspecified atom stereocenters. The third-order valence-corrected chi connectivity index (χ3v) is 6.91. The first-order valence-electron chi connectivity index (χ1n) is 8.89. The molecule has 1 amide bonds. The largest absolute Gasteiger partial charge is 0.384 e. The molecular formula is C20H16Cl4F2N2O2. The topological polar surface area (TPSA) is 58.2 Å². The molecule has 0 bridgehead atoms. The number of hydrogen-bond donors (Lipinski definition) is 2. The van der Waals surface area contributed by atoms with Crippen molar-refractivity contribution >= 4 is 64.3 Å². The smallest absolute Gasteiger partial charge is 0.252 e. The highest BCUT2D eigenvalue weighted by molar-refractivity contribution is 6.54. The van der Waals surface area contributed by atoms with E-state index in [2.05, 4.69) is 10.6 Å². The van der Waals surface area contributed by atoms with Crippen LogP contribution in [0.4, 0.5) is 14.5 Å². The molecule has 3 rings (SSSR count). The Bertz CT molecular complexity index is 1020. The van der Waals surface area contributed by atoms with Gasteiger partial charge in [-0.05, 0) is 36.8 Å². The molecule has 2 aromatic carbocycles. The average molecular weight is 496 g/mol. The van der Waals surface area contributed by atoms with Crippen molar-refractivity contribution in [2.24, 2.45) is 5.41 Å². The van der Waals surface area contributed by atoms with Crippen LogP contribution in [0.5, 0.6) is 0 Å². The van der Waals surface area contributed by atoms with Crippen molar-refractivity contribution in [2.45, 2.75) is 17.2 Å². The van der Waals surface area contributed by atoms with E-state index in [0.29, 0.717) is 18.4 Å². The molecule has 2 atom stereocenters. The van der Waals surface area contributed by atoms with Gasteiger partial charge in [0.15, 0.2) is 0 Å². The van der Waals surface area contributed by atoms with Crippen LogP contribution in [-0.4, -0.2) is 29.6 Å². The number of carbonyl (C=O) groups is 2. The third kappa shape index (κ3) is 3.86. The van der Waals surface area contributed by atoms with Crippen molar-refractivity contribution in [3.63, 3.8) is 0 Å². The van der Waals surface area contributed by atoms with Crippen LogP contribution in [0, 0.1) is 17.0 Å². The maximum absolute atomic E-state index is 14.2. The van der Waals surface area contributed by atoms with Gasteiger partial charge in [0.1, 0.15) is 22.3 Å². The highest BCUT2D eigenvalue weighted by atomic mass is 35.5. The summed E-state index contributed by atoms with van der Waals surface area (Å²) in [5.41, 5.74) is -0.627. The summed E-state index contributed by atoms with van der Waals surface area (Å²) in [6.07, 6.45) is 0.610. The summed E-state index contributed by atoms with van der Waals surface area (Å²) < 4.78 is 26.2. The number of carbonyl (C=O) groups excluding carboxylic acids is 2. The third-order valence-electron chi connectivity index (χ3n) is 5.10. The molecule has 160 valence electrons. The van der Waals surface area contributed by atoms with Crippen molar-refractivity contribution in [1.82, 2.24) is 5.32 Å². The summed E-state index contributed by atoms with van der Waals surface area (Å²) in [6.45, 7) is 1.98. The lowest BCUT2D eigenvalue weighted by Gasteiger charge is -2.15. The quantitative estimate of drug-likeness (QED) is 0.389. The van der Waals surface area contributed by atoms with Crippen molar-refractivity contribution in [2.75, 3.05) is 18.4 Å². The second-order valence-electron chi connectivity index (χ2n) is 6.92. The summed E-state index contributed by atoms with van der Waals surface area (Å²) in [7, 11) is 0. The Morgan fingerprint density at radius 1 is 1.17 bits per heavy atom. The lowest BCUT2D eigenvalue weighted by Crippen LogP contribution is -2.25. The molecule has 2 N–H and O–H groups in total.